The Labute approximate surface area is 173 Å². The summed E-state index contributed by atoms with van der Waals surface area (Å²) in [5.41, 5.74) is 3.78. The highest BCUT2D eigenvalue weighted by molar-refractivity contribution is 7.89. The third-order valence-electron chi connectivity index (χ3n) is 5.28. The fraction of sp³-hybridized carbons (Fsp3) is 0.409. The molecule has 2 aromatic rings. The minimum Gasteiger partial charge on any atom is -0.376 e. The number of nitrogens with one attached hydrogen (secondary N) is 1. The molecule has 2 aromatic carbocycles. The number of benzene rings is 2. The van der Waals surface area contributed by atoms with Crippen LogP contribution in [0.25, 0.3) is 0 Å². The SMILES string of the molecule is Cc1ccc(C(=O)Nc2cc(S(=O)(=O)N3CCCCC3)ccc2N(C)C)c(C)c1. The maximum Gasteiger partial charge on any atom is 0.255 e. The molecular formula is C22H29N3O3S. The van der Waals surface area contributed by atoms with Crippen LogP contribution in [0.3, 0.4) is 0 Å². The molecule has 1 N–H and O–H groups in total. The van der Waals surface area contributed by atoms with Crippen LogP contribution in [-0.2, 0) is 10.0 Å². The quantitative estimate of drug-likeness (QED) is 0.807. The van der Waals surface area contributed by atoms with E-state index in [1.165, 1.54) is 4.31 Å². The number of hydrogen-bond donors (Lipinski definition) is 1. The molecule has 0 atom stereocenters. The lowest BCUT2D eigenvalue weighted by atomic mass is 10.1. The molecule has 0 radical (unpaired) electrons. The maximum absolute atomic E-state index is 13.1. The molecule has 0 bridgehead atoms. The standard InChI is InChI=1S/C22H29N3O3S/c1-16-8-10-19(17(2)14-16)22(26)23-20-15-18(9-11-21(20)24(3)4)29(27,28)25-12-6-5-7-13-25/h8-11,14-15H,5-7,12-13H2,1-4H3,(H,23,26). The minimum atomic E-state index is -3.58. The number of sulfonamides is 1. The third-order valence-corrected chi connectivity index (χ3v) is 7.17. The second-order valence-electron chi connectivity index (χ2n) is 7.81. The first-order valence-electron chi connectivity index (χ1n) is 9.90. The van der Waals surface area contributed by atoms with Crippen LogP contribution in [0.4, 0.5) is 11.4 Å². The number of hydrogen-bond acceptors (Lipinski definition) is 4. The number of amides is 1. The Morgan fingerprint density at radius 2 is 1.69 bits per heavy atom. The molecule has 0 spiro atoms. The van der Waals surface area contributed by atoms with E-state index in [1.54, 1.807) is 24.3 Å². The van der Waals surface area contributed by atoms with E-state index in [4.69, 9.17) is 0 Å². The van der Waals surface area contributed by atoms with Crippen molar-refractivity contribution in [2.45, 2.75) is 38.0 Å². The summed E-state index contributed by atoms with van der Waals surface area (Å²) >= 11 is 0. The van der Waals surface area contributed by atoms with Crippen molar-refractivity contribution in [3.63, 3.8) is 0 Å². The van der Waals surface area contributed by atoms with E-state index in [-0.39, 0.29) is 10.8 Å². The number of rotatable bonds is 5. The van der Waals surface area contributed by atoms with Crippen LogP contribution < -0.4 is 10.2 Å². The van der Waals surface area contributed by atoms with Crippen molar-refractivity contribution in [1.82, 2.24) is 4.31 Å². The summed E-state index contributed by atoms with van der Waals surface area (Å²) in [5, 5.41) is 2.92. The first-order valence-corrected chi connectivity index (χ1v) is 11.3. The molecule has 1 heterocycles. The number of nitrogens with zero attached hydrogens (tertiary/aromatic N) is 2. The zero-order valence-corrected chi connectivity index (χ0v) is 18.3. The first-order chi connectivity index (χ1) is 13.7. The lowest BCUT2D eigenvalue weighted by molar-refractivity contribution is 0.102. The predicted molar refractivity (Wildman–Crippen MR) is 117 cm³/mol. The number of anilines is 2. The summed E-state index contributed by atoms with van der Waals surface area (Å²) in [5.74, 6) is -0.252. The van der Waals surface area contributed by atoms with E-state index in [0.717, 1.165) is 36.1 Å². The lowest BCUT2D eigenvalue weighted by Crippen LogP contribution is -2.35. The Balaban J connectivity index is 1.96. The lowest BCUT2D eigenvalue weighted by Gasteiger charge is -2.26. The van der Waals surface area contributed by atoms with Crippen LogP contribution in [0.15, 0.2) is 41.3 Å². The van der Waals surface area contributed by atoms with Crippen LogP contribution >= 0.6 is 0 Å². The van der Waals surface area contributed by atoms with Gasteiger partial charge in [0.05, 0.1) is 16.3 Å². The highest BCUT2D eigenvalue weighted by atomic mass is 32.2. The predicted octanol–water partition coefficient (Wildman–Crippen LogP) is 3.80. The monoisotopic (exact) mass is 415 g/mol. The van der Waals surface area contributed by atoms with E-state index in [1.807, 2.05) is 45.0 Å². The molecule has 3 rings (SSSR count). The number of piperidine rings is 1. The van der Waals surface area contributed by atoms with Crippen molar-refractivity contribution in [2.75, 3.05) is 37.4 Å². The summed E-state index contributed by atoms with van der Waals surface area (Å²) in [7, 11) is 0.146. The highest BCUT2D eigenvalue weighted by Gasteiger charge is 2.27. The Morgan fingerprint density at radius 3 is 2.31 bits per heavy atom. The van der Waals surface area contributed by atoms with E-state index in [9.17, 15) is 13.2 Å². The Kier molecular flexibility index (Phi) is 6.29. The molecule has 7 heteroatoms. The molecule has 6 nitrogen and oxygen atoms in total. The van der Waals surface area contributed by atoms with E-state index in [0.29, 0.717) is 24.3 Å². The third kappa shape index (κ3) is 4.62. The van der Waals surface area contributed by atoms with Gasteiger partial charge in [-0.15, -0.1) is 0 Å². The Hall–Kier alpha value is -2.38. The van der Waals surface area contributed by atoms with Crippen molar-refractivity contribution >= 4 is 27.3 Å². The van der Waals surface area contributed by atoms with Gasteiger partial charge in [0.2, 0.25) is 10.0 Å². The topological polar surface area (TPSA) is 69.7 Å². The van der Waals surface area contributed by atoms with Gasteiger partial charge in [-0.2, -0.15) is 4.31 Å². The molecule has 1 aliphatic heterocycles. The summed E-state index contributed by atoms with van der Waals surface area (Å²) in [6, 6.07) is 10.6. The molecule has 1 aliphatic rings. The van der Waals surface area contributed by atoms with Crippen LogP contribution in [0, 0.1) is 13.8 Å². The second-order valence-corrected chi connectivity index (χ2v) is 9.75. The molecular weight excluding hydrogens is 386 g/mol. The molecule has 29 heavy (non-hydrogen) atoms. The second kappa shape index (κ2) is 8.55. The van der Waals surface area contributed by atoms with Crippen LogP contribution in [0.5, 0.6) is 0 Å². The number of aryl methyl sites for hydroxylation is 2. The maximum atomic E-state index is 13.1. The Bertz CT molecular complexity index is 1010. The first kappa shape index (κ1) is 21.3. The Morgan fingerprint density at radius 1 is 1.00 bits per heavy atom. The molecule has 1 fully saturated rings. The number of carbonyl (C=O) groups is 1. The van der Waals surface area contributed by atoms with Gasteiger partial charge in [0, 0.05) is 32.7 Å². The average Bonchev–Trinajstić information content (AvgIpc) is 2.68. The van der Waals surface area contributed by atoms with Gasteiger partial charge in [-0.05, 0) is 56.5 Å². The van der Waals surface area contributed by atoms with Crippen molar-refractivity contribution in [1.29, 1.82) is 0 Å². The summed E-state index contributed by atoms with van der Waals surface area (Å²) in [6.45, 7) is 4.96. The van der Waals surface area contributed by atoms with E-state index in [2.05, 4.69) is 5.32 Å². The molecule has 1 saturated heterocycles. The summed E-state index contributed by atoms with van der Waals surface area (Å²) in [6.07, 6.45) is 2.82. The average molecular weight is 416 g/mol. The van der Waals surface area contributed by atoms with Crippen molar-refractivity contribution in [3.05, 3.63) is 53.1 Å². The normalized spacial score (nSPS) is 15.2. The molecule has 0 aliphatic carbocycles. The van der Waals surface area contributed by atoms with Gasteiger partial charge in [0.1, 0.15) is 0 Å². The molecule has 0 saturated carbocycles. The molecule has 0 unspecified atom stereocenters. The van der Waals surface area contributed by atoms with Gasteiger partial charge >= 0.3 is 0 Å². The minimum absolute atomic E-state index is 0.209. The van der Waals surface area contributed by atoms with Crippen LogP contribution in [0.2, 0.25) is 0 Å². The zero-order valence-electron chi connectivity index (χ0n) is 17.5. The largest absolute Gasteiger partial charge is 0.376 e. The smallest absolute Gasteiger partial charge is 0.255 e. The van der Waals surface area contributed by atoms with Crippen molar-refractivity contribution in [2.24, 2.45) is 0 Å². The van der Waals surface area contributed by atoms with E-state index < -0.39 is 10.0 Å². The number of carbonyl (C=O) groups excluding carboxylic acids is 1. The fourth-order valence-electron chi connectivity index (χ4n) is 3.68. The van der Waals surface area contributed by atoms with Gasteiger partial charge in [0.15, 0.2) is 0 Å². The summed E-state index contributed by atoms with van der Waals surface area (Å²) in [4.78, 5) is 15.0. The highest BCUT2D eigenvalue weighted by Crippen LogP contribution is 2.30. The van der Waals surface area contributed by atoms with Crippen molar-refractivity contribution in [3.8, 4) is 0 Å². The summed E-state index contributed by atoms with van der Waals surface area (Å²) < 4.78 is 27.7. The van der Waals surface area contributed by atoms with Gasteiger partial charge in [0.25, 0.3) is 5.91 Å². The molecule has 156 valence electrons. The van der Waals surface area contributed by atoms with Gasteiger partial charge in [-0.25, -0.2) is 8.42 Å². The molecule has 1 amide bonds. The van der Waals surface area contributed by atoms with Crippen LogP contribution in [0.1, 0.15) is 40.7 Å². The van der Waals surface area contributed by atoms with Gasteiger partial charge in [-0.3, -0.25) is 4.79 Å². The zero-order chi connectivity index (χ0) is 21.2. The fourth-order valence-corrected chi connectivity index (χ4v) is 5.22. The van der Waals surface area contributed by atoms with E-state index >= 15 is 0 Å². The van der Waals surface area contributed by atoms with Gasteiger partial charge in [-0.1, -0.05) is 24.1 Å². The van der Waals surface area contributed by atoms with Crippen LogP contribution in [-0.4, -0.2) is 45.8 Å². The van der Waals surface area contributed by atoms with Crippen molar-refractivity contribution < 1.29 is 13.2 Å². The van der Waals surface area contributed by atoms with Gasteiger partial charge < -0.3 is 10.2 Å². The molecule has 0 aromatic heterocycles.